The fraction of sp³-hybridized carbons (Fsp3) is 0.458. The van der Waals surface area contributed by atoms with Gasteiger partial charge in [0.2, 0.25) is 0 Å². The molecule has 6 heteroatoms. The number of rotatable bonds is 6. The van der Waals surface area contributed by atoms with Gasteiger partial charge in [-0.05, 0) is 87.0 Å². The maximum Gasteiger partial charge on any atom is 0.251 e. The van der Waals surface area contributed by atoms with Crippen molar-refractivity contribution in [2.45, 2.75) is 39.7 Å². The minimum Gasteiger partial charge on any atom is -0.496 e. The zero-order valence-electron chi connectivity index (χ0n) is 18.1. The van der Waals surface area contributed by atoms with Crippen LogP contribution in [-0.4, -0.2) is 37.6 Å². The monoisotopic (exact) mass is 448 g/mol. The van der Waals surface area contributed by atoms with Crippen LogP contribution < -0.4 is 10.1 Å². The highest BCUT2D eigenvalue weighted by Crippen LogP contribution is 2.32. The zero-order valence-corrected chi connectivity index (χ0v) is 19.6. The molecule has 2 aromatic carbocycles. The maximum absolute atomic E-state index is 12.5. The summed E-state index contributed by atoms with van der Waals surface area (Å²) in [6.07, 6.45) is 2.25. The first kappa shape index (κ1) is 22.9. The highest BCUT2D eigenvalue weighted by molar-refractivity contribution is 6.42. The molecule has 1 fully saturated rings. The van der Waals surface area contributed by atoms with Gasteiger partial charge < -0.3 is 10.1 Å². The average molecular weight is 449 g/mol. The molecule has 30 heavy (non-hydrogen) atoms. The first-order valence-corrected chi connectivity index (χ1v) is 11.2. The lowest BCUT2D eigenvalue weighted by Gasteiger charge is -2.38. The van der Waals surface area contributed by atoms with Gasteiger partial charge in [-0.3, -0.25) is 9.69 Å². The summed E-state index contributed by atoms with van der Waals surface area (Å²) in [5, 5.41) is 3.91. The molecule has 1 aliphatic heterocycles. The number of hydrogen-bond donors (Lipinski definition) is 1. The van der Waals surface area contributed by atoms with Gasteiger partial charge in [-0.25, -0.2) is 0 Å². The number of likely N-dealkylation sites (tertiary alicyclic amines) is 1. The second-order valence-corrected chi connectivity index (χ2v) is 8.94. The quantitative estimate of drug-likeness (QED) is 0.604. The number of nitrogens with one attached hydrogen (secondary N) is 1. The van der Waals surface area contributed by atoms with E-state index < -0.39 is 0 Å². The largest absolute Gasteiger partial charge is 0.496 e. The number of methoxy groups -OCH3 is 1. The Hall–Kier alpha value is -1.75. The van der Waals surface area contributed by atoms with E-state index in [-0.39, 0.29) is 5.91 Å². The van der Waals surface area contributed by atoms with Crippen LogP contribution in [0.3, 0.4) is 0 Å². The molecule has 0 radical (unpaired) electrons. The molecule has 1 heterocycles. The first-order chi connectivity index (χ1) is 14.3. The molecule has 2 aromatic rings. The fourth-order valence-electron chi connectivity index (χ4n) is 4.28. The summed E-state index contributed by atoms with van der Waals surface area (Å²) in [5.41, 5.74) is 4.37. The predicted octanol–water partition coefficient (Wildman–Crippen LogP) is 5.82. The van der Waals surface area contributed by atoms with Gasteiger partial charge in [0.15, 0.2) is 0 Å². The highest BCUT2D eigenvalue weighted by atomic mass is 35.5. The summed E-state index contributed by atoms with van der Waals surface area (Å²) in [7, 11) is 1.71. The third kappa shape index (κ3) is 5.11. The van der Waals surface area contributed by atoms with Crippen molar-refractivity contribution in [1.29, 1.82) is 0 Å². The van der Waals surface area contributed by atoms with Crippen molar-refractivity contribution in [2.24, 2.45) is 5.92 Å². The summed E-state index contributed by atoms with van der Waals surface area (Å²) in [6, 6.07) is 9.54. The van der Waals surface area contributed by atoms with E-state index in [1.165, 1.54) is 16.7 Å². The normalized spacial score (nSPS) is 18.1. The first-order valence-electron chi connectivity index (χ1n) is 10.4. The Morgan fingerprint density at radius 3 is 2.67 bits per heavy atom. The van der Waals surface area contributed by atoms with Gasteiger partial charge in [-0.2, -0.15) is 0 Å². The molecule has 3 rings (SSSR count). The second kappa shape index (κ2) is 10.0. The van der Waals surface area contributed by atoms with Crippen LogP contribution in [0.5, 0.6) is 5.75 Å². The molecule has 1 aliphatic rings. The lowest BCUT2D eigenvalue weighted by atomic mass is 9.92. The van der Waals surface area contributed by atoms with Crippen LogP contribution >= 0.6 is 23.2 Å². The molecule has 2 unspecified atom stereocenters. The van der Waals surface area contributed by atoms with Gasteiger partial charge in [0.25, 0.3) is 5.91 Å². The molecule has 162 valence electrons. The third-order valence-electron chi connectivity index (χ3n) is 6.28. The Labute approximate surface area is 189 Å². The highest BCUT2D eigenvalue weighted by Gasteiger charge is 2.26. The molecule has 1 N–H and O–H groups in total. The number of halogens is 2. The number of benzene rings is 2. The van der Waals surface area contributed by atoms with E-state index in [0.717, 1.165) is 31.7 Å². The number of piperidine rings is 1. The summed E-state index contributed by atoms with van der Waals surface area (Å²) in [5.74, 6) is 1.25. The molecule has 0 bridgehead atoms. The van der Waals surface area contributed by atoms with E-state index in [9.17, 15) is 4.79 Å². The zero-order chi connectivity index (χ0) is 21.8. The summed E-state index contributed by atoms with van der Waals surface area (Å²) < 4.78 is 5.46. The van der Waals surface area contributed by atoms with Crippen molar-refractivity contribution in [2.75, 3.05) is 26.7 Å². The van der Waals surface area contributed by atoms with Gasteiger partial charge in [-0.1, -0.05) is 29.3 Å². The lowest BCUT2D eigenvalue weighted by Crippen LogP contribution is -2.42. The van der Waals surface area contributed by atoms with E-state index in [1.54, 1.807) is 25.3 Å². The number of ether oxygens (including phenoxy) is 1. The van der Waals surface area contributed by atoms with Crippen molar-refractivity contribution < 1.29 is 9.53 Å². The van der Waals surface area contributed by atoms with Crippen molar-refractivity contribution >= 4 is 29.1 Å². The molecular formula is C24H30Cl2N2O2. The Balaban J connectivity index is 1.62. The minimum absolute atomic E-state index is 0.111. The van der Waals surface area contributed by atoms with Crippen LogP contribution in [0.15, 0.2) is 30.3 Å². The Kier molecular flexibility index (Phi) is 7.67. The van der Waals surface area contributed by atoms with Gasteiger partial charge >= 0.3 is 0 Å². The van der Waals surface area contributed by atoms with E-state index in [0.29, 0.717) is 34.1 Å². The van der Waals surface area contributed by atoms with Crippen LogP contribution in [0.2, 0.25) is 10.0 Å². The van der Waals surface area contributed by atoms with Crippen LogP contribution in [0.1, 0.15) is 52.9 Å². The van der Waals surface area contributed by atoms with Crippen molar-refractivity contribution in [3.63, 3.8) is 0 Å². The summed E-state index contributed by atoms with van der Waals surface area (Å²) >= 11 is 12.0. The summed E-state index contributed by atoms with van der Waals surface area (Å²) in [6.45, 7) is 9.24. The van der Waals surface area contributed by atoms with Crippen LogP contribution in [0.4, 0.5) is 0 Å². The molecule has 0 saturated carbocycles. The van der Waals surface area contributed by atoms with Crippen LogP contribution in [-0.2, 0) is 0 Å². The molecule has 0 aromatic heterocycles. The van der Waals surface area contributed by atoms with E-state index in [4.69, 9.17) is 27.9 Å². The average Bonchev–Trinajstić information content (AvgIpc) is 2.75. The second-order valence-electron chi connectivity index (χ2n) is 8.13. The minimum atomic E-state index is -0.111. The number of hydrogen-bond acceptors (Lipinski definition) is 3. The van der Waals surface area contributed by atoms with E-state index in [1.807, 2.05) is 0 Å². The van der Waals surface area contributed by atoms with E-state index >= 15 is 0 Å². The summed E-state index contributed by atoms with van der Waals surface area (Å²) in [4.78, 5) is 15.0. The Bertz CT molecular complexity index is 916. The topological polar surface area (TPSA) is 41.6 Å². The van der Waals surface area contributed by atoms with Crippen LogP contribution in [0, 0.1) is 19.8 Å². The number of carbonyl (C=O) groups excluding carboxylic acids is 1. The van der Waals surface area contributed by atoms with Gasteiger partial charge in [-0.15, -0.1) is 0 Å². The molecule has 0 aliphatic carbocycles. The fourth-order valence-corrected chi connectivity index (χ4v) is 4.58. The van der Waals surface area contributed by atoms with Gasteiger partial charge in [0.05, 0.1) is 17.2 Å². The molecule has 2 atom stereocenters. The van der Waals surface area contributed by atoms with Crippen LogP contribution in [0.25, 0.3) is 0 Å². The molecular weight excluding hydrogens is 419 g/mol. The van der Waals surface area contributed by atoms with Crippen molar-refractivity contribution in [3.05, 3.63) is 62.6 Å². The molecule has 4 nitrogen and oxygen atoms in total. The molecule has 1 amide bonds. The maximum atomic E-state index is 12.5. The number of amides is 1. The lowest BCUT2D eigenvalue weighted by molar-refractivity contribution is 0.0917. The SMILES string of the molecule is COc1ccc(C(C)N2CCCC(CNC(=O)c3ccc(Cl)c(Cl)c3)C2)c(C)c1C. The number of nitrogens with zero attached hydrogens (tertiary/aromatic N) is 1. The van der Waals surface area contributed by atoms with Gasteiger partial charge in [0.1, 0.15) is 5.75 Å². The standard InChI is InChI=1S/C24H30Cl2N2O2/c1-15-16(2)23(30-4)10-8-20(15)17(3)28-11-5-6-18(14-28)13-27-24(29)19-7-9-21(25)22(26)12-19/h7-10,12,17-18H,5-6,11,13-14H2,1-4H3,(H,27,29). The Morgan fingerprint density at radius 2 is 1.97 bits per heavy atom. The Morgan fingerprint density at radius 1 is 1.20 bits per heavy atom. The van der Waals surface area contributed by atoms with Gasteiger partial charge in [0, 0.05) is 24.7 Å². The van der Waals surface area contributed by atoms with E-state index in [2.05, 4.69) is 43.1 Å². The third-order valence-corrected chi connectivity index (χ3v) is 7.02. The predicted molar refractivity (Wildman–Crippen MR) is 124 cm³/mol. The molecule has 1 saturated heterocycles. The smallest absolute Gasteiger partial charge is 0.251 e. The van der Waals surface area contributed by atoms with Crippen molar-refractivity contribution in [1.82, 2.24) is 10.2 Å². The number of carbonyl (C=O) groups is 1. The molecule has 0 spiro atoms. The van der Waals surface area contributed by atoms with Crippen molar-refractivity contribution in [3.8, 4) is 5.75 Å².